The molecule has 7 rings (SSSR count). The molecule has 5 nitrogen and oxygen atoms in total. The fourth-order valence-electron chi connectivity index (χ4n) is 5.42. The molecule has 0 radical (unpaired) electrons. The molecule has 0 saturated heterocycles. The van der Waals surface area contributed by atoms with Crippen LogP contribution in [-0.4, -0.2) is 22.0 Å². The monoisotopic (exact) mass is 454 g/mol. The van der Waals surface area contributed by atoms with Crippen molar-refractivity contribution in [1.29, 1.82) is 0 Å². The van der Waals surface area contributed by atoms with E-state index >= 15 is 0 Å². The fraction of sp³-hybridized carbons (Fsp3) is 0.100. The van der Waals surface area contributed by atoms with Gasteiger partial charge in [0, 0.05) is 28.2 Å². The molecule has 1 aliphatic rings. The van der Waals surface area contributed by atoms with Crippen molar-refractivity contribution in [2.24, 2.45) is 0 Å². The zero-order chi connectivity index (χ0) is 23.5. The van der Waals surface area contributed by atoms with Crippen LogP contribution in [-0.2, 0) is 6.42 Å². The van der Waals surface area contributed by atoms with Gasteiger partial charge in [0.1, 0.15) is 0 Å². The molecular formula is C30H22N4O. The van der Waals surface area contributed by atoms with Crippen molar-refractivity contribution in [2.75, 3.05) is 10.2 Å². The summed E-state index contributed by atoms with van der Waals surface area (Å²) in [7, 11) is 0. The molecule has 168 valence electrons. The van der Waals surface area contributed by atoms with E-state index in [0.29, 0.717) is 5.69 Å². The molecule has 2 heterocycles. The van der Waals surface area contributed by atoms with Crippen molar-refractivity contribution >= 4 is 61.0 Å². The van der Waals surface area contributed by atoms with Crippen LogP contribution in [0.4, 0.5) is 16.2 Å². The molecule has 1 aliphatic heterocycles. The maximum atomic E-state index is 13.2. The van der Waals surface area contributed by atoms with Gasteiger partial charge in [0.25, 0.3) is 0 Å². The van der Waals surface area contributed by atoms with Gasteiger partial charge in [-0.05, 0) is 53.9 Å². The zero-order valence-electron chi connectivity index (χ0n) is 19.2. The lowest BCUT2D eigenvalue weighted by atomic mass is 9.99. The fourth-order valence-corrected chi connectivity index (χ4v) is 5.42. The van der Waals surface area contributed by atoms with E-state index in [2.05, 4.69) is 54.7 Å². The minimum Gasteiger partial charge on any atom is -0.307 e. The van der Waals surface area contributed by atoms with Crippen LogP contribution >= 0.6 is 0 Å². The minimum absolute atomic E-state index is 0.108. The number of aromatic nitrogens is 2. The summed E-state index contributed by atoms with van der Waals surface area (Å²) in [6.07, 6.45) is 0.861. The molecule has 2 amide bonds. The number of urea groups is 1. The smallest absolute Gasteiger partial charge is 0.307 e. The Bertz CT molecular complexity index is 1810. The van der Waals surface area contributed by atoms with Crippen molar-refractivity contribution in [3.8, 4) is 0 Å². The second kappa shape index (κ2) is 7.50. The van der Waals surface area contributed by atoms with Crippen molar-refractivity contribution < 1.29 is 4.79 Å². The summed E-state index contributed by atoms with van der Waals surface area (Å²) in [6, 6.07) is 30.5. The number of rotatable bonds is 1. The van der Waals surface area contributed by atoms with E-state index in [9.17, 15) is 4.79 Å². The molecule has 0 spiro atoms. The molecular weight excluding hydrogens is 432 g/mol. The first-order chi connectivity index (χ1) is 17.2. The summed E-state index contributed by atoms with van der Waals surface area (Å²) >= 11 is 0. The Morgan fingerprint density at radius 3 is 2.09 bits per heavy atom. The second-order valence-electron chi connectivity index (χ2n) is 9.20. The number of fused-ring (bicyclic) bond motifs is 8. The number of para-hydroxylation sites is 1. The third-order valence-corrected chi connectivity index (χ3v) is 7.00. The van der Waals surface area contributed by atoms with Gasteiger partial charge in [-0.3, -0.25) is 4.90 Å². The third-order valence-electron chi connectivity index (χ3n) is 7.00. The first-order valence-electron chi connectivity index (χ1n) is 11.9. The Morgan fingerprint density at radius 2 is 1.37 bits per heavy atom. The van der Waals surface area contributed by atoms with Crippen LogP contribution < -0.4 is 10.2 Å². The summed E-state index contributed by atoms with van der Waals surface area (Å²) < 4.78 is 0. The lowest BCUT2D eigenvalue weighted by Crippen LogP contribution is -2.39. The predicted molar refractivity (Wildman–Crippen MR) is 143 cm³/mol. The molecule has 0 unspecified atom stereocenters. The van der Waals surface area contributed by atoms with Crippen molar-refractivity contribution in [3.05, 3.63) is 96.6 Å². The summed E-state index contributed by atoms with van der Waals surface area (Å²) in [6.45, 7) is 2.08. The Hall–Kier alpha value is -4.51. The maximum absolute atomic E-state index is 13.2. The van der Waals surface area contributed by atoms with Gasteiger partial charge in [0.05, 0.1) is 22.1 Å². The van der Waals surface area contributed by atoms with Crippen LogP contribution in [0.25, 0.3) is 43.6 Å². The molecule has 0 saturated carbocycles. The molecule has 5 aromatic carbocycles. The second-order valence-corrected chi connectivity index (χ2v) is 9.20. The molecule has 0 fully saturated rings. The van der Waals surface area contributed by atoms with Gasteiger partial charge in [0.15, 0.2) is 0 Å². The first kappa shape index (κ1) is 19.9. The summed E-state index contributed by atoms with van der Waals surface area (Å²) in [5.74, 6) is 0. The predicted octanol–water partition coefficient (Wildman–Crippen LogP) is 7.07. The maximum Gasteiger partial charge on any atom is 0.326 e. The summed E-state index contributed by atoms with van der Waals surface area (Å²) in [5, 5.41) is 7.59. The number of hydrogen-bond acceptors (Lipinski definition) is 3. The quantitative estimate of drug-likeness (QED) is 0.213. The third kappa shape index (κ3) is 3.05. The molecule has 0 aliphatic carbocycles. The van der Waals surface area contributed by atoms with E-state index in [1.807, 2.05) is 53.4 Å². The molecule has 6 aromatic rings. The Kier molecular flexibility index (Phi) is 4.27. The molecule has 1 atom stereocenters. The number of benzene rings is 5. The first-order valence-corrected chi connectivity index (χ1v) is 11.9. The van der Waals surface area contributed by atoms with E-state index in [0.717, 1.165) is 50.3 Å². The highest BCUT2D eigenvalue weighted by molar-refractivity contribution is 6.23. The van der Waals surface area contributed by atoms with Gasteiger partial charge in [0.2, 0.25) is 0 Å². The normalized spacial score (nSPS) is 15.2. The van der Waals surface area contributed by atoms with Crippen LogP contribution in [0.15, 0.2) is 91.0 Å². The topological polar surface area (TPSA) is 58.1 Å². The SMILES string of the molecule is C[C@@H]1Cc2ccccc2N1C(=O)Nc1ccc2nc3c4ccccc4c4ccccc4c3nc2c1. The van der Waals surface area contributed by atoms with Crippen LogP contribution in [0.5, 0.6) is 0 Å². The number of amides is 2. The van der Waals surface area contributed by atoms with Crippen LogP contribution in [0.3, 0.4) is 0 Å². The van der Waals surface area contributed by atoms with Crippen LogP contribution in [0.1, 0.15) is 12.5 Å². The zero-order valence-corrected chi connectivity index (χ0v) is 19.2. The minimum atomic E-state index is -0.132. The van der Waals surface area contributed by atoms with Gasteiger partial charge < -0.3 is 5.32 Å². The highest BCUT2D eigenvalue weighted by atomic mass is 16.2. The highest BCUT2D eigenvalue weighted by Gasteiger charge is 2.30. The van der Waals surface area contributed by atoms with Crippen LogP contribution in [0, 0.1) is 0 Å². The van der Waals surface area contributed by atoms with Crippen molar-refractivity contribution in [1.82, 2.24) is 9.97 Å². The van der Waals surface area contributed by atoms with E-state index in [1.54, 1.807) is 0 Å². The number of carbonyl (C=O) groups excluding carboxylic acids is 1. The van der Waals surface area contributed by atoms with E-state index in [-0.39, 0.29) is 12.1 Å². The van der Waals surface area contributed by atoms with Crippen LogP contribution in [0.2, 0.25) is 0 Å². The van der Waals surface area contributed by atoms with Gasteiger partial charge in [-0.2, -0.15) is 0 Å². The van der Waals surface area contributed by atoms with Crippen molar-refractivity contribution in [3.63, 3.8) is 0 Å². The summed E-state index contributed by atoms with van der Waals surface area (Å²) in [5.41, 5.74) is 6.20. The van der Waals surface area contributed by atoms with E-state index in [1.165, 1.54) is 10.9 Å². The van der Waals surface area contributed by atoms with E-state index in [4.69, 9.17) is 9.97 Å². The molecule has 1 N–H and O–H groups in total. The van der Waals surface area contributed by atoms with Gasteiger partial charge >= 0.3 is 6.03 Å². The average Bonchev–Trinajstić information content (AvgIpc) is 3.23. The lowest BCUT2D eigenvalue weighted by molar-refractivity contribution is 0.256. The van der Waals surface area contributed by atoms with Gasteiger partial charge in [-0.15, -0.1) is 0 Å². The molecule has 35 heavy (non-hydrogen) atoms. The Labute approximate surface area is 202 Å². The van der Waals surface area contributed by atoms with Gasteiger partial charge in [-0.25, -0.2) is 14.8 Å². The lowest BCUT2D eigenvalue weighted by Gasteiger charge is -2.23. The number of carbonyl (C=O) groups is 1. The number of anilines is 2. The summed E-state index contributed by atoms with van der Waals surface area (Å²) in [4.78, 5) is 25.1. The Balaban J connectivity index is 1.34. The average molecular weight is 455 g/mol. The van der Waals surface area contributed by atoms with Crippen molar-refractivity contribution in [2.45, 2.75) is 19.4 Å². The number of nitrogens with zero attached hydrogens (tertiary/aromatic N) is 3. The standard InChI is InChI=1S/C30H22N4O/c1-18-16-19-8-2-7-13-27(19)34(18)30(35)31-20-14-15-25-26(17-20)33-29-24-12-6-4-10-22(24)21-9-3-5-11-23(21)28(29)32-25/h2-15,17-18H,16H2,1H3,(H,31,35)/t18-/m1/s1. The Morgan fingerprint density at radius 1 is 0.771 bits per heavy atom. The molecule has 5 heteroatoms. The van der Waals surface area contributed by atoms with Gasteiger partial charge in [-0.1, -0.05) is 66.7 Å². The highest BCUT2D eigenvalue weighted by Crippen LogP contribution is 2.35. The molecule has 0 bridgehead atoms. The molecule has 1 aromatic heterocycles. The number of hydrogen-bond donors (Lipinski definition) is 1. The largest absolute Gasteiger partial charge is 0.326 e. The number of nitrogens with one attached hydrogen (secondary N) is 1. The van der Waals surface area contributed by atoms with E-state index < -0.39 is 0 Å².